The minimum atomic E-state index is -1.10. The van der Waals surface area contributed by atoms with Crippen LogP contribution in [-0.2, 0) is 11.2 Å². The zero-order valence-electron chi connectivity index (χ0n) is 9.49. The number of benzene rings is 1. The van der Waals surface area contributed by atoms with Crippen LogP contribution in [0.3, 0.4) is 0 Å². The van der Waals surface area contributed by atoms with Crippen molar-refractivity contribution in [2.75, 3.05) is 13.2 Å². The number of hydrogen-bond acceptors (Lipinski definition) is 4. The molecule has 4 heteroatoms. The molecule has 1 rings (SSSR count). The molecule has 1 aromatic rings. The molecule has 0 radical (unpaired) electrons. The third-order valence-electron chi connectivity index (χ3n) is 1.96. The molecule has 0 aromatic heterocycles. The standard InChI is InChI=1S/C12H16O4/c1-3-15-10-6-5-9(8-12(13)14)7-11(10)16-4-2/h5-7H,3-4,8H2,1-2H3,(H,13,14)/p-1. The van der Waals surface area contributed by atoms with E-state index in [1.165, 1.54) is 0 Å². The van der Waals surface area contributed by atoms with Crippen molar-refractivity contribution in [3.05, 3.63) is 23.8 Å². The van der Waals surface area contributed by atoms with Gasteiger partial charge in [0.2, 0.25) is 0 Å². The van der Waals surface area contributed by atoms with E-state index in [0.29, 0.717) is 30.3 Å². The molecule has 0 fully saturated rings. The summed E-state index contributed by atoms with van der Waals surface area (Å²) in [4.78, 5) is 10.5. The predicted octanol–water partition coefficient (Wildman–Crippen LogP) is 0.776. The van der Waals surface area contributed by atoms with E-state index in [4.69, 9.17) is 9.47 Å². The molecule has 0 saturated heterocycles. The number of hydrogen-bond donors (Lipinski definition) is 0. The van der Waals surface area contributed by atoms with Gasteiger partial charge in [0.1, 0.15) is 0 Å². The maximum absolute atomic E-state index is 10.5. The molecule has 0 aliphatic heterocycles. The first kappa shape index (κ1) is 12.4. The van der Waals surface area contributed by atoms with Crippen LogP contribution >= 0.6 is 0 Å². The summed E-state index contributed by atoms with van der Waals surface area (Å²) in [5.41, 5.74) is 0.645. The van der Waals surface area contributed by atoms with Gasteiger partial charge in [-0.1, -0.05) is 6.07 Å². The zero-order chi connectivity index (χ0) is 12.0. The third kappa shape index (κ3) is 3.46. The van der Waals surface area contributed by atoms with Gasteiger partial charge in [0, 0.05) is 12.4 Å². The molecular formula is C12H15O4-. The van der Waals surface area contributed by atoms with Gasteiger partial charge in [-0.3, -0.25) is 0 Å². The first-order chi connectivity index (χ1) is 7.67. The molecule has 0 saturated carbocycles. The second kappa shape index (κ2) is 6.00. The van der Waals surface area contributed by atoms with E-state index < -0.39 is 5.97 Å². The molecule has 0 aliphatic carbocycles. The predicted molar refractivity (Wildman–Crippen MR) is 57.5 cm³/mol. The van der Waals surface area contributed by atoms with Crippen molar-refractivity contribution in [3.63, 3.8) is 0 Å². The first-order valence-electron chi connectivity index (χ1n) is 5.25. The Bertz CT molecular complexity index is 360. The second-order valence-corrected chi connectivity index (χ2v) is 3.20. The highest BCUT2D eigenvalue weighted by molar-refractivity contribution is 5.68. The van der Waals surface area contributed by atoms with Crippen molar-refractivity contribution in [2.45, 2.75) is 20.3 Å². The monoisotopic (exact) mass is 223 g/mol. The Morgan fingerprint density at radius 2 is 1.81 bits per heavy atom. The van der Waals surface area contributed by atoms with Gasteiger partial charge in [-0.05, 0) is 31.5 Å². The Morgan fingerprint density at radius 3 is 2.38 bits per heavy atom. The number of carboxylic acid groups (broad SMARTS) is 1. The van der Waals surface area contributed by atoms with Gasteiger partial charge < -0.3 is 19.4 Å². The van der Waals surface area contributed by atoms with E-state index in [-0.39, 0.29) is 6.42 Å². The minimum absolute atomic E-state index is 0.119. The van der Waals surface area contributed by atoms with Crippen molar-refractivity contribution >= 4 is 5.97 Å². The summed E-state index contributed by atoms with van der Waals surface area (Å²) < 4.78 is 10.7. The normalized spacial score (nSPS) is 9.88. The van der Waals surface area contributed by atoms with Crippen LogP contribution in [0.5, 0.6) is 11.5 Å². The Balaban J connectivity index is 2.92. The largest absolute Gasteiger partial charge is 0.550 e. The first-order valence-corrected chi connectivity index (χ1v) is 5.25. The molecule has 0 atom stereocenters. The van der Waals surface area contributed by atoms with E-state index in [1.807, 2.05) is 13.8 Å². The van der Waals surface area contributed by atoms with E-state index in [0.717, 1.165) is 0 Å². The maximum Gasteiger partial charge on any atom is 0.161 e. The van der Waals surface area contributed by atoms with Crippen LogP contribution < -0.4 is 14.6 Å². The summed E-state index contributed by atoms with van der Waals surface area (Å²) in [5.74, 6) is 0.0983. The summed E-state index contributed by atoms with van der Waals surface area (Å²) in [5, 5.41) is 10.5. The highest BCUT2D eigenvalue weighted by Crippen LogP contribution is 2.28. The van der Waals surface area contributed by atoms with E-state index >= 15 is 0 Å². The molecule has 0 unspecified atom stereocenters. The molecule has 0 N–H and O–H groups in total. The van der Waals surface area contributed by atoms with Crippen LogP contribution in [0.15, 0.2) is 18.2 Å². The molecule has 0 aliphatic rings. The lowest BCUT2D eigenvalue weighted by molar-refractivity contribution is -0.304. The molecule has 88 valence electrons. The number of aliphatic carboxylic acids is 1. The van der Waals surface area contributed by atoms with Gasteiger partial charge >= 0.3 is 0 Å². The summed E-state index contributed by atoms with van der Waals surface area (Å²) in [7, 11) is 0. The van der Waals surface area contributed by atoms with Crippen LogP contribution in [0.4, 0.5) is 0 Å². The van der Waals surface area contributed by atoms with Crippen molar-refractivity contribution in [2.24, 2.45) is 0 Å². The summed E-state index contributed by atoms with van der Waals surface area (Å²) in [6.45, 7) is 4.79. The highest BCUT2D eigenvalue weighted by Gasteiger charge is 2.05. The van der Waals surface area contributed by atoms with Crippen LogP contribution in [0.1, 0.15) is 19.4 Å². The lowest BCUT2D eigenvalue weighted by atomic mass is 10.1. The van der Waals surface area contributed by atoms with Crippen LogP contribution in [0, 0.1) is 0 Å². The van der Waals surface area contributed by atoms with Gasteiger partial charge in [-0.25, -0.2) is 0 Å². The fourth-order valence-corrected chi connectivity index (χ4v) is 1.37. The molecule has 0 heterocycles. The number of carbonyl (C=O) groups excluding carboxylic acids is 1. The molecule has 4 nitrogen and oxygen atoms in total. The van der Waals surface area contributed by atoms with Gasteiger partial charge in [-0.15, -0.1) is 0 Å². The van der Waals surface area contributed by atoms with E-state index in [9.17, 15) is 9.90 Å². The van der Waals surface area contributed by atoms with Crippen molar-refractivity contribution in [3.8, 4) is 11.5 Å². The van der Waals surface area contributed by atoms with E-state index in [2.05, 4.69) is 0 Å². The average molecular weight is 223 g/mol. The number of carbonyl (C=O) groups is 1. The topological polar surface area (TPSA) is 58.6 Å². The molecule has 0 spiro atoms. The van der Waals surface area contributed by atoms with Crippen molar-refractivity contribution < 1.29 is 19.4 Å². The Labute approximate surface area is 94.8 Å². The van der Waals surface area contributed by atoms with Gasteiger partial charge in [-0.2, -0.15) is 0 Å². The van der Waals surface area contributed by atoms with Crippen molar-refractivity contribution in [1.82, 2.24) is 0 Å². The molecule has 16 heavy (non-hydrogen) atoms. The van der Waals surface area contributed by atoms with Crippen LogP contribution in [-0.4, -0.2) is 19.2 Å². The molecular weight excluding hydrogens is 208 g/mol. The molecule has 1 aromatic carbocycles. The number of carboxylic acids is 1. The van der Waals surface area contributed by atoms with Gasteiger partial charge in [0.05, 0.1) is 13.2 Å². The third-order valence-corrected chi connectivity index (χ3v) is 1.96. The Kier molecular flexibility index (Phi) is 4.64. The SMILES string of the molecule is CCOc1ccc(CC(=O)[O-])cc1OCC. The van der Waals surface area contributed by atoms with Gasteiger partial charge in [0.15, 0.2) is 11.5 Å². The molecule has 0 amide bonds. The van der Waals surface area contributed by atoms with Crippen LogP contribution in [0.25, 0.3) is 0 Å². The molecule has 0 bridgehead atoms. The highest BCUT2D eigenvalue weighted by atomic mass is 16.5. The Morgan fingerprint density at radius 1 is 1.19 bits per heavy atom. The summed E-state index contributed by atoms with van der Waals surface area (Å²) >= 11 is 0. The quantitative estimate of drug-likeness (QED) is 0.715. The smallest absolute Gasteiger partial charge is 0.161 e. The lowest BCUT2D eigenvalue weighted by Gasteiger charge is -2.12. The maximum atomic E-state index is 10.5. The summed E-state index contributed by atoms with van der Waals surface area (Å²) in [6, 6.07) is 5.08. The summed E-state index contributed by atoms with van der Waals surface area (Å²) in [6.07, 6.45) is -0.119. The fourth-order valence-electron chi connectivity index (χ4n) is 1.37. The fraction of sp³-hybridized carbons (Fsp3) is 0.417. The van der Waals surface area contributed by atoms with Gasteiger partial charge in [0.25, 0.3) is 0 Å². The average Bonchev–Trinajstić information content (AvgIpc) is 2.21. The minimum Gasteiger partial charge on any atom is -0.550 e. The van der Waals surface area contributed by atoms with Crippen molar-refractivity contribution in [1.29, 1.82) is 0 Å². The Hall–Kier alpha value is -1.71. The van der Waals surface area contributed by atoms with E-state index in [1.54, 1.807) is 18.2 Å². The second-order valence-electron chi connectivity index (χ2n) is 3.20. The number of rotatable bonds is 6. The number of ether oxygens (including phenoxy) is 2. The lowest BCUT2D eigenvalue weighted by Crippen LogP contribution is -2.24. The zero-order valence-corrected chi connectivity index (χ0v) is 9.49. The van der Waals surface area contributed by atoms with Crippen LogP contribution in [0.2, 0.25) is 0 Å².